The summed E-state index contributed by atoms with van der Waals surface area (Å²) in [6.07, 6.45) is 2.58. The summed E-state index contributed by atoms with van der Waals surface area (Å²) in [5, 5.41) is 0. The minimum atomic E-state index is -0.356. The summed E-state index contributed by atoms with van der Waals surface area (Å²) in [4.78, 5) is 8.48. The Hall–Kier alpha value is -1.19. The number of nitrogens with zero attached hydrogens (tertiary/aromatic N) is 2. The van der Waals surface area contributed by atoms with E-state index in [-0.39, 0.29) is 23.2 Å². The number of aliphatic imine (C=N–C) groups is 2. The molecule has 2 unspecified atom stereocenters. The van der Waals surface area contributed by atoms with Crippen LogP contribution in [0.15, 0.2) is 22.0 Å². The molecule has 0 aromatic heterocycles. The van der Waals surface area contributed by atoms with Crippen LogP contribution >= 0.6 is 0 Å². The highest BCUT2D eigenvalue weighted by Gasteiger charge is 2.24. The maximum absolute atomic E-state index is 13.9. The molecule has 102 valence electrons. The first kappa shape index (κ1) is 14.9. The van der Waals surface area contributed by atoms with Crippen molar-refractivity contribution in [3.05, 3.63) is 12.0 Å². The molecule has 1 aliphatic heterocycles. The Morgan fingerprint density at radius 3 is 2.67 bits per heavy atom. The summed E-state index contributed by atoms with van der Waals surface area (Å²) in [5.74, 6) is 0.228. The van der Waals surface area contributed by atoms with Crippen LogP contribution in [0.5, 0.6) is 0 Å². The normalized spacial score (nSPS) is 25.4. The summed E-state index contributed by atoms with van der Waals surface area (Å²) >= 11 is 0. The molecule has 0 spiro atoms. The van der Waals surface area contributed by atoms with E-state index in [9.17, 15) is 4.39 Å². The lowest BCUT2D eigenvalue weighted by Crippen LogP contribution is -2.26. The molecule has 3 nitrogen and oxygen atoms in total. The van der Waals surface area contributed by atoms with Crippen LogP contribution in [0.25, 0.3) is 0 Å². The molecule has 1 rings (SSSR count). The van der Waals surface area contributed by atoms with Crippen LogP contribution in [0.2, 0.25) is 0 Å². The van der Waals surface area contributed by atoms with Gasteiger partial charge < -0.3 is 5.73 Å². The molecule has 2 atom stereocenters. The molecule has 0 amide bonds. The van der Waals surface area contributed by atoms with Gasteiger partial charge in [0.05, 0.1) is 18.0 Å². The zero-order chi connectivity index (χ0) is 13.9. The van der Waals surface area contributed by atoms with Gasteiger partial charge in [0, 0.05) is 12.3 Å². The van der Waals surface area contributed by atoms with E-state index >= 15 is 0 Å². The minimum absolute atomic E-state index is 0.0215. The second-order valence-electron chi connectivity index (χ2n) is 5.96. The Kier molecular flexibility index (Phi) is 4.65. The highest BCUT2D eigenvalue weighted by molar-refractivity contribution is 6.02. The number of halogens is 1. The Balaban J connectivity index is 2.99. The zero-order valence-electron chi connectivity index (χ0n) is 12.0. The van der Waals surface area contributed by atoms with Crippen molar-refractivity contribution < 1.29 is 4.39 Å². The van der Waals surface area contributed by atoms with Crippen LogP contribution < -0.4 is 5.73 Å². The van der Waals surface area contributed by atoms with Crippen molar-refractivity contribution in [2.24, 2.45) is 27.1 Å². The number of rotatable bonds is 2. The standard InChI is InChI=1S/C14H24FN3/c1-6-10-7-12(11(15)8-17-13(10)16)18-9(2)14(3,4)5/h8-10H,6-7H2,1-5H3,(H2,16,17). The van der Waals surface area contributed by atoms with Crippen molar-refractivity contribution in [2.75, 3.05) is 0 Å². The molecule has 0 saturated heterocycles. The summed E-state index contributed by atoms with van der Waals surface area (Å²) in [5.41, 5.74) is 6.33. The SMILES string of the molecule is CCC1CC(=NC(C)C(C)(C)C)C(F)=CN=C1N. The first-order valence-electron chi connectivity index (χ1n) is 6.51. The molecule has 0 bridgehead atoms. The number of hydrogen-bond donors (Lipinski definition) is 1. The molecule has 0 radical (unpaired) electrons. The Morgan fingerprint density at radius 1 is 1.56 bits per heavy atom. The van der Waals surface area contributed by atoms with Crippen LogP contribution in [0.1, 0.15) is 47.5 Å². The van der Waals surface area contributed by atoms with E-state index in [4.69, 9.17) is 5.73 Å². The Labute approximate surface area is 109 Å². The lowest BCUT2D eigenvalue weighted by Gasteiger charge is -2.25. The summed E-state index contributed by atoms with van der Waals surface area (Å²) in [7, 11) is 0. The number of hydrogen-bond acceptors (Lipinski definition) is 3. The molecule has 4 heteroatoms. The van der Waals surface area contributed by atoms with Gasteiger partial charge in [0.25, 0.3) is 0 Å². The molecule has 1 aliphatic rings. The van der Waals surface area contributed by atoms with Gasteiger partial charge in [0.1, 0.15) is 5.84 Å². The lowest BCUT2D eigenvalue weighted by atomic mass is 9.88. The predicted octanol–water partition coefficient (Wildman–Crippen LogP) is 3.46. The second kappa shape index (κ2) is 5.63. The molecular weight excluding hydrogens is 229 g/mol. The quantitative estimate of drug-likeness (QED) is 0.805. The molecule has 18 heavy (non-hydrogen) atoms. The van der Waals surface area contributed by atoms with Gasteiger partial charge in [-0.3, -0.25) is 4.99 Å². The van der Waals surface area contributed by atoms with Gasteiger partial charge in [-0.2, -0.15) is 0 Å². The molecule has 0 fully saturated rings. The van der Waals surface area contributed by atoms with E-state index in [2.05, 4.69) is 30.8 Å². The number of amidine groups is 1. The average molecular weight is 253 g/mol. The third kappa shape index (κ3) is 3.65. The smallest absolute Gasteiger partial charge is 0.162 e. The number of allylic oxidation sites excluding steroid dienone is 1. The maximum atomic E-state index is 13.9. The fourth-order valence-electron chi connectivity index (χ4n) is 1.64. The van der Waals surface area contributed by atoms with Crippen molar-refractivity contribution in [2.45, 2.75) is 53.5 Å². The lowest BCUT2D eigenvalue weighted by molar-refractivity contribution is 0.341. The van der Waals surface area contributed by atoms with E-state index in [0.717, 1.165) is 6.42 Å². The molecule has 0 saturated carbocycles. The first-order chi connectivity index (χ1) is 8.25. The van der Waals surface area contributed by atoms with E-state index in [1.807, 2.05) is 13.8 Å². The Morgan fingerprint density at radius 2 is 2.17 bits per heavy atom. The third-order valence-corrected chi connectivity index (χ3v) is 3.56. The second-order valence-corrected chi connectivity index (χ2v) is 5.96. The predicted molar refractivity (Wildman–Crippen MR) is 75.6 cm³/mol. The van der Waals surface area contributed by atoms with E-state index in [0.29, 0.717) is 18.0 Å². The largest absolute Gasteiger partial charge is 0.387 e. The molecule has 0 aromatic rings. The van der Waals surface area contributed by atoms with Crippen molar-refractivity contribution in [3.63, 3.8) is 0 Å². The summed E-state index contributed by atoms with van der Waals surface area (Å²) in [6, 6.07) is 0.0588. The molecule has 0 aromatic carbocycles. The van der Waals surface area contributed by atoms with Gasteiger partial charge in [-0.15, -0.1) is 0 Å². The van der Waals surface area contributed by atoms with Crippen LogP contribution in [-0.2, 0) is 0 Å². The fraction of sp³-hybridized carbons (Fsp3) is 0.714. The summed E-state index contributed by atoms with van der Waals surface area (Å²) < 4.78 is 13.9. The number of nitrogens with two attached hydrogens (primary N) is 1. The van der Waals surface area contributed by atoms with Crippen molar-refractivity contribution in [3.8, 4) is 0 Å². The van der Waals surface area contributed by atoms with Crippen molar-refractivity contribution in [1.29, 1.82) is 0 Å². The molecular formula is C14H24FN3. The van der Waals surface area contributed by atoms with Gasteiger partial charge >= 0.3 is 0 Å². The molecule has 1 heterocycles. The van der Waals surface area contributed by atoms with Gasteiger partial charge in [0.15, 0.2) is 5.83 Å². The average Bonchev–Trinajstić information content (AvgIpc) is 2.40. The maximum Gasteiger partial charge on any atom is 0.162 e. The van der Waals surface area contributed by atoms with Gasteiger partial charge in [0.2, 0.25) is 0 Å². The van der Waals surface area contributed by atoms with E-state index in [1.165, 1.54) is 6.20 Å². The van der Waals surface area contributed by atoms with Crippen LogP contribution in [0.4, 0.5) is 4.39 Å². The van der Waals surface area contributed by atoms with Crippen LogP contribution in [0.3, 0.4) is 0 Å². The Bertz CT molecular complexity index is 388. The van der Waals surface area contributed by atoms with Gasteiger partial charge in [-0.05, 0) is 18.8 Å². The fourth-order valence-corrected chi connectivity index (χ4v) is 1.64. The monoisotopic (exact) mass is 253 g/mol. The highest BCUT2D eigenvalue weighted by Crippen LogP contribution is 2.25. The first-order valence-corrected chi connectivity index (χ1v) is 6.51. The van der Waals surface area contributed by atoms with Gasteiger partial charge in [-0.25, -0.2) is 9.38 Å². The highest BCUT2D eigenvalue weighted by atomic mass is 19.1. The molecule has 2 N–H and O–H groups in total. The van der Waals surface area contributed by atoms with Crippen LogP contribution in [0, 0.1) is 11.3 Å². The van der Waals surface area contributed by atoms with Crippen molar-refractivity contribution >= 4 is 11.5 Å². The topological polar surface area (TPSA) is 50.7 Å². The zero-order valence-corrected chi connectivity index (χ0v) is 12.0. The third-order valence-electron chi connectivity index (χ3n) is 3.56. The summed E-state index contributed by atoms with van der Waals surface area (Å²) in [6.45, 7) is 10.3. The van der Waals surface area contributed by atoms with E-state index < -0.39 is 0 Å². The van der Waals surface area contributed by atoms with Crippen LogP contribution in [-0.4, -0.2) is 17.6 Å². The van der Waals surface area contributed by atoms with Crippen molar-refractivity contribution in [1.82, 2.24) is 0 Å². The minimum Gasteiger partial charge on any atom is -0.387 e. The molecule has 0 aliphatic carbocycles. The van der Waals surface area contributed by atoms with Gasteiger partial charge in [-0.1, -0.05) is 27.7 Å². The van der Waals surface area contributed by atoms with E-state index in [1.54, 1.807) is 0 Å².